The highest BCUT2D eigenvalue weighted by molar-refractivity contribution is 5.91. The van der Waals surface area contributed by atoms with E-state index in [1.807, 2.05) is 0 Å². The van der Waals surface area contributed by atoms with Crippen molar-refractivity contribution in [2.75, 3.05) is 20.8 Å². The minimum atomic E-state index is -0.864. The Morgan fingerprint density at radius 1 is 1.00 bits per heavy atom. The van der Waals surface area contributed by atoms with Crippen LogP contribution in [0.15, 0.2) is 42.5 Å². The lowest BCUT2D eigenvalue weighted by Crippen LogP contribution is -2.39. The zero-order valence-electron chi connectivity index (χ0n) is 16.7. The first kappa shape index (κ1) is 20.8. The number of carbonyl (C=O) groups excluding carboxylic acids is 2. The molecule has 30 heavy (non-hydrogen) atoms. The summed E-state index contributed by atoms with van der Waals surface area (Å²) in [6.07, 6.45) is 0. The largest absolute Gasteiger partial charge is 0.618 e. The smallest absolute Gasteiger partial charge is 0.407 e. The predicted octanol–water partition coefficient (Wildman–Crippen LogP) is 2.42. The number of rotatable bonds is 7. The van der Waals surface area contributed by atoms with Gasteiger partial charge < -0.3 is 24.2 Å². The average molecular weight is 412 g/mol. The van der Waals surface area contributed by atoms with Crippen LogP contribution in [0.5, 0.6) is 11.5 Å². The Balaban J connectivity index is 1.97. The summed E-state index contributed by atoms with van der Waals surface area (Å²) in [5.41, 5.74) is 0.326. The van der Waals surface area contributed by atoms with Crippen molar-refractivity contribution in [3.05, 3.63) is 64.6 Å². The molecule has 0 saturated carbocycles. The molecule has 3 rings (SSSR count). The summed E-state index contributed by atoms with van der Waals surface area (Å²) in [6, 6.07) is 11.1. The van der Waals surface area contributed by atoms with Gasteiger partial charge in [-0.05, 0) is 37.3 Å². The van der Waals surface area contributed by atoms with E-state index in [9.17, 15) is 14.8 Å². The second-order valence-corrected chi connectivity index (χ2v) is 6.08. The normalized spacial score (nSPS) is 10.5. The number of methoxy groups -OCH3 is 2. The van der Waals surface area contributed by atoms with Gasteiger partial charge in [0.1, 0.15) is 23.6 Å². The first-order chi connectivity index (χ1) is 14.5. The average Bonchev–Trinajstić information content (AvgIpc) is 2.77. The first-order valence-electron chi connectivity index (χ1n) is 9.07. The molecule has 1 aromatic heterocycles. The van der Waals surface area contributed by atoms with E-state index in [0.717, 1.165) is 0 Å². The van der Waals surface area contributed by atoms with Gasteiger partial charge in [-0.1, -0.05) is 6.07 Å². The first-order valence-corrected chi connectivity index (χ1v) is 9.07. The highest BCUT2D eigenvalue weighted by atomic mass is 16.5. The van der Waals surface area contributed by atoms with E-state index >= 15 is 0 Å². The quantitative estimate of drug-likeness (QED) is 0.330. The van der Waals surface area contributed by atoms with Gasteiger partial charge in [0.2, 0.25) is 5.52 Å². The van der Waals surface area contributed by atoms with Gasteiger partial charge in [-0.15, -0.1) is 0 Å². The van der Waals surface area contributed by atoms with Crippen LogP contribution in [0.1, 0.15) is 33.5 Å². The molecule has 0 N–H and O–H groups in total. The zero-order chi connectivity index (χ0) is 21.7. The summed E-state index contributed by atoms with van der Waals surface area (Å²) in [7, 11) is 2.94. The Kier molecular flexibility index (Phi) is 6.31. The van der Waals surface area contributed by atoms with Crippen LogP contribution in [0.4, 0.5) is 0 Å². The third-order valence-electron chi connectivity index (χ3n) is 4.25. The Labute approximate surface area is 172 Å². The zero-order valence-corrected chi connectivity index (χ0v) is 16.7. The third kappa shape index (κ3) is 4.24. The number of fused-ring (bicyclic) bond motifs is 1. The van der Waals surface area contributed by atoms with Crippen molar-refractivity contribution < 1.29 is 33.3 Å². The van der Waals surface area contributed by atoms with Crippen LogP contribution in [-0.4, -0.2) is 37.7 Å². The maximum Gasteiger partial charge on any atom is 0.407 e. The molecule has 0 bridgehead atoms. The number of nitrogens with zero attached hydrogens (tertiary/aromatic N) is 2. The molecule has 156 valence electrons. The van der Waals surface area contributed by atoms with Gasteiger partial charge in [0.15, 0.2) is 5.69 Å². The van der Waals surface area contributed by atoms with E-state index in [0.29, 0.717) is 21.7 Å². The van der Waals surface area contributed by atoms with Gasteiger partial charge in [-0.25, -0.2) is 14.6 Å². The Morgan fingerprint density at radius 3 is 2.43 bits per heavy atom. The standard InChI is InChI=1S/C21H20N2O7/c1-4-29-21(25)19-17(12-30-20(24)13-6-5-7-14(10-13)27-2)22-16-9-8-15(28-3)11-18(16)23(19)26/h5-11H,4,12H2,1-3H3. The lowest BCUT2D eigenvalue weighted by atomic mass is 10.2. The summed E-state index contributed by atoms with van der Waals surface area (Å²) in [4.78, 5) is 29.1. The van der Waals surface area contributed by atoms with Crippen molar-refractivity contribution in [2.24, 2.45) is 0 Å². The van der Waals surface area contributed by atoms with E-state index in [4.69, 9.17) is 18.9 Å². The maximum absolute atomic E-state index is 12.9. The van der Waals surface area contributed by atoms with Gasteiger partial charge >= 0.3 is 17.6 Å². The van der Waals surface area contributed by atoms with Gasteiger partial charge in [0, 0.05) is 0 Å². The molecule has 0 amide bonds. The van der Waals surface area contributed by atoms with Gasteiger partial charge in [0.25, 0.3) is 0 Å². The molecular formula is C21H20N2O7. The number of esters is 2. The number of benzene rings is 2. The van der Waals surface area contributed by atoms with Crippen molar-refractivity contribution in [3.8, 4) is 11.5 Å². The van der Waals surface area contributed by atoms with Crippen LogP contribution in [-0.2, 0) is 16.1 Å². The summed E-state index contributed by atoms with van der Waals surface area (Å²) >= 11 is 0. The molecular weight excluding hydrogens is 392 g/mol. The summed E-state index contributed by atoms with van der Waals surface area (Å²) in [5.74, 6) is -0.595. The lowest BCUT2D eigenvalue weighted by Gasteiger charge is -2.12. The number of ether oxygens (including phenoxy) is 4. The van der Waals surface area contributed by atoms with Crippen LogP contribution >= 0.6 is 0 Å². The SMILES string of the molecule is CCOC(=O)c1c(COC(=O)c2cccc(OC)c2)nc2ccc(OC)cc2[n+]1[O-]. The van der Waals surface area contributed by atoms with Crippen molar-refractivity contribution >= 4 is 23.0 Å². The van der Waals surface area contributed by atoms with E-state index in [1.54, 1.807) is 37.3 Å². The Bertz CT molecular complexity index is 1100. The molecule has 3 aromatic rings. The molecule has 0 unspecified atom stereocenters. The minimum Gasteiger partial charge on any atom is -0.618 e. The Hall–Kier alpha value is -3.88. The fourth-order valence-corrected chi connectivity index (χ4v) is 2.79. The van der Waals surface area contributed by atoms with E-state index < -0.39 is 18.5 Å². The number of aromatic nitrogens is 2. The molecule has 0 spiro atoms. The molecule has 0 aliphatic rings. The topological polar surface area (TPSA) is 111 Å². The molecule has 0 radical (unpaired) electrons. The second kappa shape index (κ2) is 9.08. The Morgan fingerprint density at radius 2 is 1.73 bits per heavy atom. The highest BCUT2D eigenvalue weighted by Gasteiger charge is 2.28. The molecule has 0 aliphatic carbocycles. The summed E-state index contributed by atoms with van der Waals surface area (Å²) in [5, 5.41) is 12.9. The van der Waals surface area contributed by atoms with E-state index in [2.05, 4.69) is 4.98 Å². The van der Waals surface area contributed by atoms with Crippen LogP contribution in [0, 0.1) is 5.21 Å². The number of hydrogen-bond acceptors (Lipinski definition) is 8. The molecule has 2 aromatic carbocycles. The van der Waals surface area contributed by atoms with Crippen LogP contribution < -0.4 is 14.2 Å². The number of hydrogen-bond donors (Lipinski definition) is 0. The van der Waals surface area contributed by atoms with Crippen LogP contribution in [0.3, 0.4) is 0 Å². The monoisotopic (exact) mass is 412 g/mol. The molecule has 0 aliphatic heterocycles. The molecule has 0 fully saturated rings. The fourth-order valence-electron chi connectivity index (χ4n) is 2.79. The number of carbonyl (C=O) groups is 2. The van der Waals surface area contributed by atoms with Crippen molar-refractivity contribution in [1.29, 1.82) is 0 Å². The van der Waals surface area contributed by atoms with Crippen LogP contribution in [0.25, 0.3) is 11.0 Å². The van der Waals surface area contributed by atoms with Crippen LogP contribution in [0.2, 0.25) is 0 Å². The summed E-state index contributed by atoms with van der Waals surface area (Å²) in [6.45, 7) is 1.29. The van der Waals surface area contributed by atoms with Crippen molar-refractivity contribution in [2.45, 2.75) is 13.5 Å². The fraction of sp³-hybridized carbons (Fsp3) is 0.238. The predicted molar refractivity (Wildman–Crippen MR) is 105 cm³/mol. The second-order valence-electron chi connectivity index (χ2n) is 6.08. The molecule has 0 atom stereocenters. The van der Waals surface area contributed by atoms with E-state index in [-0.39, 0.29) is 29.1 Å². The molecule has 1 heterocycles. The van der Waals surface area contributed by atoms with E-state index in [1.165, 1.54) is 26.4 Å². The minimum absolute atomic E-state index is 0.0163. The molecule has 0 saturated heterocycles. The van der Waals surface area contributed by atoms with Crippen molar-refractivity contribution in [3.63, 3.8) is 0 Å². The lowest BCUT2D eigenvalue weighted by molar-refractivity contribution is -0.581. The highest BCUT2D eigenvalue weighted by Crippen LogP contribution is 2.20. The van der Waals surface area contributed by atoms with Gasteiger partial charge in [-0.2, -0.15) is 4.73 Å². The van der Waals surface area contributed by atoms with Gasteiger partial charge in [0.05, 0.1) is 32.5 Å². The summed E-state index contributed by atoms with van der Waals surface area (Å²) < 4.78 is 20.9. The molecule has 9 nitrogen and oxygen atoms in total. The van der Waals surface area contributed by atoms with Gasteiger partial charge in [-0.3, -0.25) is 0 Å². The molecule has 9 heteroatoms. The third-order valence-corrected chi connectivity index (χ3v) is 4.25. The maximum atomic E-state index is 12.9. The van der Waals surface area contributed by atoms with Crippen molar-refractivity contribution in [1.82, 2.24) is 4.98 Å².